The summed E-state index contributed by atoms with van der Waals surface area (Å²) >= 11 is 0. The van der Waals surface area contributed by atoms with E-state index >= 15 is 0 Å². The average molecular weight is 292 g/mol. The second kappa shape index (κ2) is 6.81. The monoisotopic (exact) mass is 292 g/mol. The van der Waals surface area contributed by atoms with E-state index < -0.39 is 29.5 Å². The Kier molecular flexibility index (Phi) is 4.84. The van der Waals surface area contributed by atoms with Crippen molar-refractivity contribution in [3.8, 4) is 0 Å². The second-order valence-electron chi connectivity index (χ2n) is 4.36. The molecule has 2 rings (SSSR count). The third kappa shape index (κ3) is 4.00. The van der Waals surface area contributed by atoms with Crippen molar-refractivity contribution in [2.24, 2.45) is 0 Å². The Labute approximate surface area is 120 Å². The smallest absolute Gasteiger partial charge is 0.319 e. The number of benzene rings is 2. The fraction of sp³-hybridized carbons (Fsp3) is 0.133. The standard InChI is InChI=1S/C15H14F2N2O2/c16-11-7-4-8-12(17)14(11)19-15(21)18-9-13(20)10-5-2-1-3-6-10/h1-8,13,20H,9H2,(H2,18,19,21). The highest BCUT2D eigenvalue weighted by atomic mass is 19.1. The first-order valence-electron chi connectivity index (χ1n) is 6.30. The molecule has 0 saturated carbocycles. The molecule has 4 nitrogen and oxygen atoms in total. The molecule has 0 radical (unpaired) electrons. The predicted octanol–water partition coefficient (Wildman–Crippen LogP) is 2.82. The molecular weight excluding hydrogens is 278 g/mol. The van der Waals surface area contributed by atoms with Crippen molar-refractivity contribution < 1.29 is 18.7 Å². The molecule has 0 bridgehead atoms. The molecule has 1 atom stereocenters. The first-order chi connectivity index (χ1) is 10.1. The number of hydrogen-bond donors (Lipinski definition) is 3. The minimum atomic E-state index is -0.901. The molecule has 21 heavy (non-hydrogen) atoms. The molecule has 2 amide bonds. The first-order valence-corrected chi connectivity index (χ1v) is 6.30. The quantitative estimate of drug-likeness (QED) is 0.811. The molecule has 3 N–H and O–H groups in total. The van der Waals surface area contributed by atoms with Gasteiger partial charge in [-0.3, -0.25) is 0 Å². The molecule has 0 aliphatic carbocycles. The molecule has 2 aromatic rings. The fourth-order valence-corrected chi connectivity index (χ4v) is 1.76. The van der Waals surface area contributed by atoms with Crippen LogP contribution in [0.15, 0.2) is 48.5 Å². The SMILES string of the molecule is O=C(NCC(O)c1ccccc1)Nc1c(F)cccc1F. The maximum atomic E-state index is 13.3. The molecule has 0 saturated heterocycles. The zero-order valence-corrected chi connectivity index (χ0v) is 11.0. The summed E-state index contributed by atoms with van der Waals surface area (Å²) in [6, 6.07) is 11.2. The van der Waals surface area contributed by atoms with Crippen molar-refractivity contribution in [2.45, 2.75) is 6.10 Å². The van der Waals surface area contributed by atoms with E-state index in [1.54, 1.807) is 30.3 Å². The maximum Gasteiger partial charge on any atom is 0.319 e. The van der Waals surface area contributed by atoms with E-state index in [2.05, 4.69) is 10.6 Å². The van der Waals surface area contributed by atoms with Gasteiger partial charge < -0.3 is 15.7 Å². The Morgan fingerprint density at radius 2 is 1.67 bits per heavy atom. The van der Waals surface area contributed by atoms with E-state index in [1.165, 1.54) is 6.07 Å². The van der Waals surface area contributed by atoms with Crippen molar-refractivity contribution in [2.75, 3.05) is 11.9 Å². The summed E-state index contributed by atoms with van der Waals surface area (Å²) in [5, 5.41) is 14.3. The van der Waals surface area contributed by atoms with Crippen molar-refractivity contribution >= 4 is 11.7 Å². The van der Waals surface area contributed by atoms with Crippen molar-refractivity contribution in [1.82, 2.24) is 5.32 Å². The number of aliphatic hydroxyl groups excluding tert-OH is 1. The maximum absolute atomic E-state index is 13.3. The Bertz CT molecular complexity index is 600. The predicted molar refractivity (Wildman–Crippen MR) is 74.8 cm³/mol. The summed E-state index contributed by atoms with van der Waals surface area (Å²) in [4.78, 5) is 11.6. The van der Waals surface area contributed by atoms with Crippen molar-refractivity contribution in [3.05, 3.63) is 65.7 Å². The van der Waals surface area contributed by atoms with Crippen LogP contribution < -0.4 is 10.6 Å². The zero-order valence-electron chi connectivity index (χ0n) is 11.0. The van der Waals surface area contributed by atoms with Gasteiger partial charge in [0.2, 0.25) is 0 Å². The third-order valence-electron chi connectivity index (χ3n) is 2.84. The van der Waals surface area contributed by atoms with Gasteiger partial charge in [0.05, 0.1) is 6.10 Å². The first kappa shape index (κ1) is 14.9. The van der Waals surface area contributed by atoms with Crippen LogP contribution in [0.3, 0.4) is 0 Å². The highest BCUT2D eigenvalue weighted by Gasteiger charge is 2.13. The number of urea groups is 1. The number of aliphatic hydroxyl groups is 1. The highest BCUT2D eigenvalue weighted by molar-refractivity contribution is 5.89. The van der Waals surface area contributed by atoms with Crippen molar-refractivity contribution in [1.29, 1.82) is 0 Å². The third-order valence-corrected chi connectivity index (χ3v) is 2.84. The van der Waals surface area contributed by atoms with Gasteiger partial charge in [-0.05, 0) is 17.7 Å². The van der Waals surface area contributed by atoms with Gasteiger partial charge in [-0.15, -0.1) is 0 Å². The van der Waals surface area contributed by atoms with Gasteiger partial charge in [0.1, 0.15) is 17.3 Å². The van der Waals surface area contributed by atoms with Crippen LogP contribution >= 0.6 is 0 Å². The van der Waals surface area contributed by atoms with E-state index in [0.29, 0.717) is 5.56 Å². The number of rotatable bonds is 4. The lowest BCUT2D eigenvalue weighted by atomic mass is 10.1. The largest absolute Gasteiger partial charge is 0.387 e. The Balaban J connectivity index is 1.91. The Hall–Kier alpha value is -2.47. The minimum Gasteiger partial charge on any atom is -0.387 e. The molecule has 0 fully saturated rings. The van der Waals surface area contributed by atoms with E-state index in [1.807, 2.05) is 0 Å². The van der Waals surface area contributed by atoms with Gasteiger partial charge in [-0.2, -0.15) is 0 Å². The van der Waals surface area contributed by atoms with E-state index in [9.17, 15) is 18.7 Å². The Morgan fingerprint density at radius 3 is 2.29 bits per heavy atom. The molecule has 110 valence electrons. The van der Waals surface area contributed by atoms with Crippen LogP contribution in [0.1, 0.15) is 11.7 Å². The van der Waals surface area contributed by atoms with Gasteiger partial charge >= 0.3 is 6.03 Å². The van der Waals surface area contributed by atoms with E-state index in [-0.39, 0.29) is 6.54 Å². The lowest BCUT2D eigenvalue weighted by Gasteiger charge is -2.13. The summed E-state index contributed by atoms with van der Waals surface area (Å²) in [5.41, 5.74) is 0.110. The second-order valence-corrected chi connectivity index (χ2v) is 4.36. The molecule has 6 heteroatoms. The van der Waals surface area contributed by atoms with Gasteiger partial charge in [-0.25, -0.2) is 13.6 Å². The van der Waals surface area contributed by atoms with Crippen LogP contribution in [0, 0.1) is 11.6 Å². The topological polar surface area (TPSA) is 61.4 Å². The zero-order chi connectivity index (χ0) is 15.2. The number of amides is 2. The number of para-hydroxylation sites is 1. The Morgan fingerprint density at radius 1 is 1.05 bits per heavy atom. The summed E-state index contributed by atoms with van der Waals surface area (Å²) in [5.74, 6) is -1.73. The lowest BCUT2D eigenvalue weighted by molar-refractivity contribution is 0.175. The molecule has 0 heterocycles. The molecule has 0 spiro atoms. The highest BCUT2D eigenvalue weighted by Crippen LogP contribution is 2.17. The van der Waals surface area contributed by atoms with Gasteiger partial charge in [0, 0.05) is 6.54 Å². The number of carbonyl (C=O) groups excluding carboxylic acids is 1. The van der Waals surface area contributed by atoms with Crippen LogP contribution in [0.5, 0.6) is 0 Å². The van der Waals surface area contributed by atoms with E-state index in [4.69, 9.17) is 0 Å². The molecule has 2 aromatic carbocycles. The number of carbonyl (C=O) groups is 1. The number of halogens is 2. The van der Waals surface area contributed by atoms with Gasteiger partial charge in [0.25, 0.3) is 0 Å². The molecule has 0 aliphatic rings. The summed E-state index contributed by atoms with van der Waals surface area (Å²) in [6.45, 7) is -0.0775. The number of anilines is 1. The molecule has 0 aromatic heterocycles. The van der Waals surface area contributed by atoms with Crippen molar-refractivity contribution in [3.63, 3.8) is 0 Å². The lowest BCUT2D eigenvalue weighted by Crippen LogP contribution is -2.33. The van der Waals surface area contributed by atoms with Gasteiger partial charge in [-0.1, -0.05) is 36.4 Å². The van der Waals surface area contributed by atoms with Crippen LogP contribution in [0.2, 0.25) is 0 Å². The number of hydrogen-bond acceptors (Lipinski definition) is 2. The molecular formula is C15H14F2N2O2. The van der Waals surface area contributed by atoms with Gasteiger partial charge in [0.15, 0.2) is 0 Å². The summed E-state index contributed by atoms with van der Waals surface area (Å²) < 4.78 is 26.7. The normalized spacial score (nSPS) is 11.8. The summed E-state index contributed by atoms with van der Waals surface area (Å²) in [6.07, 6.45) is -0.901. The fourth-order valence-electron chi connectivity index (χ4n) is 1.76. The van der Waals surface area contributed by atoms with Crippen LogP contribution in [0.25, 0.3) is 0 Å². The molecule has 0 aliphatic heterocycles. The van der Waals surface area contributed by atoms with Crippen LogP contribution in [-0.4, -0.2) is 17.7 Å². The van der Waals surface area contributed by atoms with Crippen LogP contribution in [0.4, 0.5) is 19.3 Å². The van der Waals surface area contributed by atoms with Crippen LogP contribution in [-0.2, 0) is 0 Å². The average Bonchev–Trinajstić information content (AvgIpc) is 2.49. The molecule has 1 unspecified atom stereocenters. The minimum absolute atomic E-state index is 0.0775. The number of nitrogens with one attached hydrogen (secondary N) is 2. The van der Waals surface area contributed by atoms with E-state index in [0.717, 1.165) is 12.1 Å². The summed E-state index contributed by atoms with van der Waals surface area (Å²) in [7, 11) is 0.